The summed E-state index contributed by atoms with van der Waals surface area (Å²) in [4.78, 5) is 2.49. The van der Waals surface area contributed by atoms with Crippen molar-refractivity contribution >= 4 is 0 Å². The van der Waals surface area contributed by atoms with E-state index in [0.717, 1.165) is 26.2 Å². The standard InChI is InChI=1S/C15H26N2/c1-4-11-17(5-2)12-10-16-13-15-8-6-14(3)7-9-15/h6-9,16H,4-5,10-13H2,1-3H3. The fourth-order valence-corrected chi connectivity index (χ4v) is 1.92. The Kier molecular flexibility index (Phi) is 6.90. The summed E-state index contributed by atoms with van der Waals surface area (Å²) in [5, 5.41) is 3.50. The monoisotopic (exact) mass is 234 g/mol. The number of benzene rings is 1. The van der Waals surface area contributed by atoms with Gasteiger partial charge in [-0.3, -0.25) is 0 Å². The summed E-state index contributed by atoms with van der Waals surface area (Å²) >= 11 is 0. The smallest absolute Gasteiger partial charge is 0.0206 e. The molecule has 0 spiro atoms. The molecule has 0 heterocycles. The molecule has 1 rings (SSSR count). The van der Waals surface area contributed by atoms with Gasteiger partial charge in [-0.25, -0.2) is 0 Å². The Morgan fingerprint density at radius 3 is 2.35 bits per heavy atom. The third-order valence-electron chi connectivity index (χ3n) is 3.04. The van der Waals surface area contributed by atoms with Crippen LogP contribution in [-0.4, -0.2) is 31.1 Å². The van der Waals surface area contributed by atoms with Crippen LogP contribution in [0, 0.1) is 6.92 Å². The van der Waals surface area contributed by atoms with Gasteiger partial charge in [0.05, 0.1) is 0 Å². The van der Waals surface area contributed by atoms with Gasteiger partial charge in [-0.1, -0.05) is 43.7 Å². The molecule has 0 bridgehead atoms. The Labute approximate surface area is 106 Å². The number of nitrogens with zero attached hydrogens (tertiary/aromatic N) is 1. The van der Waals surface area contributed by atoms with Crippen molar-refractivity contribution in [1.82, 2.24) is 10.2 Å². The van der Waals surface area contributed by atoms with Crippen LogP contribution in [0.5, 0.6) is 0 Å². The van der Waals surface area contributed by atoms with Crippen molar-refractivity contribution < 1.29 is 0 Å². The third kappa shape index (κ3) is 5.85. The van der Waals surface area contributed by atoms with Gasteiger partial charge >= 0.3 is 0 Å². The van der Waals surface area contributed by atoms with Crippen molar-refractivity contribution in [3.8, 4) is 0 Å². The first-order valence-corrected chi connectivity index (χ1v) is 6.74. The highest BCUT2D eigenvalue weighted by molar-refractivity contribution is 5.20. The molecule has 0 radical (unpaired) electrons. The van der Waals surface area contributed by atoms with Gasteiger partial charge in [0.1, 0.15) is 0 Å². The highest BCUT2D eigenvalue weighted by Crippen LogP contribution is 2.02. The zero-order valence-corrected chi connectivity index (χ0v) is 11.5. The molecule has 1 aromatic rings. The minimum atomic E-state index is 0.976. The van der Waals surface area contributed by atoms with Crippen LogP contribution >= 0.6 is 0 Å². The normalized spacial score (nSPS) is 11.1. The molecule has 1 aromatic carbocycles. The van der Waals surface area contributed by atoms with Gasteiger partial charge in [-0.05, 0) is 32.0 Å². The van der Waals surface area contributed by atoms with Crippen LogP contribution < -0.4 is 5.32 Å². The number of hydrogen-bond donors (Lipinski definition) is 1. The molecule has 96 valence electrons. The van der Waals surface area contributed by atoms with E-state index in [-0.39, 0.29) is 0 Å². The molecule has 0 aliphatic rings. The van der Waals surface area contributed by atoms with Gasteiger partial charge in [0.15, 0.2) is 0 Å². The van der Waals surface area contributed by atoms with Gasteiger partial charge < -0.3 is 10.2 Å². The highest BCUT2D eigenvalue weighted by atomic mass is 15.1. The maximum absolute atomic E-state index is 3.50. The lowest BCUT2D eigenvalue weighted by Crippen LogP contribution is -2.32. The van der Waals surface area contributed by atoms with Crippen LogP contribution in [0.15, 0.2) is 24.3 Å². The molecular weight excluding hydrogens is 208 g/mol. The maximum atomic E-state index is 3.50. The van der Waals surface area contributed by atoms with Gasteiger partial charge in [-0.2, -0.15) is 0 Å². The van der Waals surface area contributed by atoms with E-state index in [4.69, 9.17) is 0 Å². The Morgan fingerprint density at radius 1 is 1.06 bits per heavy atom. The summed E-state index contributed by atoms with van der Waals surface area (Å²) in [7, 11) is 0. The number of hydrogen-bond acceptors (Lipinski definition) is 2. The topological polar surface area (TPSA) is 15.3 Å². The van der Waals surface area contributed by atoms with E-state index in [1.807, 2.05) is 0 Å². The van der Waals surface area contributed by atoms with Crippen LogP contribution in [0.3, 0.4) is 0 Å². The molecule has 0 atom stereocenters. The molecule has 2 nitrogen and oxygen atoms in total. The number of aryl methyl sites for hydroxylation is 1. The van der Waals surface area contributed by atoms with Crippen LogP contribution in [0.4, 0.5) is 0 Å². The first kappa shape index (κ1) is 14.2. The second kappa shape index (κ2) is 8.26. The van der Waals surface area contributed by atoms with Crippen LogP contribution in [-0.2, 0) is 6.54 Å². The Balaban J connectivity index is 2.17. The highest BCUT2D eigenvalue weighted by Gasteiger charge is 1.99. The zero-order valence-electron chi connectivity index (χ0n) is 11.5. The summed E-state index contributed by atoms with van der Waals surface area (Å²) < 4.78 is 0. The number of rotatable bonds is 8. The summed E-state index contributed by atoms with van der Waals surface area (Å²) in [6, 6.07) is 8.75. The molecule has 17 heavy (non-hydrogen) atoms. The van der Waals surface area contributed by atoms with E-state index in [1.165, 1.54) is 24.1 Å². The molecule has 0 saturated carbocycles. The second-order valence-corrected chi connectivity index (χ2v) is 4.60. The molecule has 0 fully saturated rings. The van der Waals surface area contributed by atoms with Crippen LogP contribution in [0.25, 0.3) is 0 Å². The molecule has 0 amide bonds. The van der Waals surface area contributed by atoms with E-state index in [9.17, 15) is 0 Å². The van der Waals surface area contributed by atoms with E-state index in [1.54, 1.807) is 0 Å². The molecule has 0 unspecified atom stereocenters. The summed E-state index contributed by atoms with van der Waals surface area (Å²) in [5.41, 5.74) is 2.70. The Bertz CT molecular complexity index is 292. The van der Waals surface area contributed by atoms with E-state index in [2.05, 4.69) is 55.3 Å². The van der Waals surface area contributed by atoms with E-state index in [0.29, 0.717) is 0 Å². The van der Waals surface area contributed by atoms with Crippen LogP contribution in [0.2, 0.25) is 0 Å². The summed E-state index contributed by atoms with van der Waals surface area (Å²) in [6.45, 7) is 12.2. The lowest BCUT2D eigenvalue weighted by Gasteiger charge is -2.19. The van der Waals surface area contributed by atoms with Crippen molar-refractivity contribution in [2.45, 2.75) is 33.7 Å². The minimum Gasteiger partial charge on any atom is -0.311 e. The van der Waals surface area contributed by atoms with Crippen LogP contribution in [0.1, 0.15) is 31.4 Å². The van der Waals surface area contributed by atoms with Gasteiger partial charge in [0.25, 0.3) is 0 Å². The summed E-state index contributed by atoms with van der Waals surface area (Å²) in [5.74, 6) is 0. The van der Waals surface area contributed by atoms with Gasteiger partial charge in [0, 0.05) is 19.6 Å². The lowest BCUT2D eigenvalue weighted by atomic mass is 10.1. The minimum absolute atomic E-state index is 0.976. The molecule has 0 aliphatic heterocycles. The first-order valence-electron chi connectivity index (χ1n) is 6.74. The van der Waals surface area contributed by atoms with E-state index >= 15 is 0 Å². The van der Waals surface area contributed by atoms with Crippen molar-refractivity contribution in [3.05, 3.63) is 35.4 Å². The number of likely N-dealkylation sites (N-methyl/N-ethyl adjacent to an activating group) is 1. The predicted octanol–water partition coefficient (Wildman–Crippen LogP) is 2.82. The van der Waals surface area contributed by atoms with Gasteiger partial charge in [0.2, 0.25) is 0 Å². The SMILES string of the molecule is CCCN(CC)CCNCc1ccc(C)cc1. The molecule has 0 aliphatic carbocycles. The Hall–Kier alpha value is -0.860. The quantitative estimate of drug-likeness (QED) is 0.696. The fraction of sp³-hybridized carbons (Fsp3) is 0.600. The zero-order chi connectivity index (χ0) is 12.5. The molecule has 0 aromatic heterocycles. The van der Waals surface area contributed by atoms with E-state index < -0.39 is 0 Å². The number of nitrogens with one attached hydrogen (secondary N) is 1. The predicted molar refractivity (Wildman–Crippen MR) is 75.3 cm³/mol. The fourth-order valence-electron chi connectivity index (χ4n) is 1.92. The lowest BCUT2D eigenvalue weighted by molar-refractivity contribution is 0.287. The molecular formula is C15H26N2. The second-order valence-electron chi connectivity index (χ2n) is 4.60. The van der Waals surface area contributed by atoms with Gasteiger partial charge in [-0.15, -0.1) is 0 Å². The van der Waals surface area contributed by atoms with Crippen molar-refractivity contribution in [1.29, 1.82) is 0 Å². The first-order chi connectivity index (χ1) is 8.26. The Morgan fingerprint density at radius 2 is 1.76 bits per heavy atom. The maximum Gasteiger partial charge on any atom is 0.0206 e. The third-order valence-corrected chi connectivity index (χ3v) is 3.04. The molecule has 2 heteroatoms. The molecule has 1 N–H and O–H groups in total. The average molecular weight is 234 g/mol. The van der Waals surface area contributed by atoms with Crippen molar-refractivity contribution in [2.75, 3.05) is 26.2 Å². The average Bonchev–Trinajstić information content (AvgIpc) is 2.35. The van der Waals surface area contributed by atoms with Crippen molar-refractivity contribution in [3.63, 3.8) is 0 Å². The molecule has 0 saturated heterocycles. The largest absolute Gasteiger partial charge is 0.311 e. The van der Waals surface area contributed by atoms with Crippen molar-refractivity contribution in [2.24, 2.45) is 0 Å². The summed E-state index contributed by atoms with van der Waals surface area (Å²) in [6.07, 6.45) is 1.24.